The fraction of sp³-hybridized carbons (Fsp3) is 0.0526. The number of carbonyl (C=O) groups is 1. The molecule has 0 fully saturated rings. The van der Waals surface area contributed by atoms with Crippen LogP contribution in [0, 0.1) is 0 Å². The van der Waals surface area contributed by atoms with E-state index in [1.54, 1.807) is 12.1 Å². The molecule has 7 nitrogen and oxygen atoms in total. The number of benzene rings is 3. The second-order valence-electron chi connectivity index (χ2n) is 5.74. The molecule has 0 saturated heterocycles. The monoisotopic (exact) mass is 423 g/mol. The second kappa shape index (κ2) is 7.55. The number of amides is 1. The lowest BCUT2D eigenvalue weighted by Gasteiger charge is -2.11. The Bertz CT molecular complexity index is 1080. The van der Waals surface area contributed by atoms with Gasteiger partial charge in [-0.2, -0.15) is 0 Å². The molecule has 0 spiro atoms. The summed E-state index contributed by atoms with van der Waals surface area (Å²) in [5.74, 6) is 0.378. The summed E-state index contributed by atoms with van der Waals surface area (Å²) in [6.45, 7) is -0.0916. The number of rotatable bonds is 5. The molecule has 4 aromatic rings. The van der Waals surface area contributed by atoms with Crippen molar-refractivity contribution in [2.24, 2.45) is 0 Å². The highest BCUT2D eigenvalue weighted by Crippen LogP contribution is 2.33. The molecule has 8 heteroatoms. The smallest absolute Gasteiger partial charge is 0.262 e. The first-order chi connectivity index (χ1) is 13.2. The zero-order valence-electron chi connectivity index (χ0n) is 14.0. The number of nitrogens with zero attached hydrogens (tertiary/aromatic N) is 4. The predicted molar refractivity (Wildman–Crippen MR) is 105 cm³/mol. The number of fused-ring (bicyclic) bond motifs is 1. The van der Waals surface area contributed by atoms with Crippen LogP contribution in [0.4, 0.5) is 5.69 Å². The largest absolute Gasteiger partial charge is 0.483 e. The summed E-state index contributed by atoms with van der Waals surface area (Å²) in [4.78, 5) is 12.2. The first-order valence-corrected chi connectivity index (χ1v) is 8.93. The Morgan fingerprint density at radius 2 is 1.89 bits per heavy atom. The van der Waals surface area contributed by atoms with Gasteiger partial charge in [0.05, 0.1) is 10.2 Å². The molecule has 4 rings (SSSR count). The maximum absolute atomic E-state index is 12.2. The van der Waals surface area contributed by atoms with Crippen molar-refractivity contribution in [1.29, 1.82) is 0 Å². The van der Waals surface area contributed by atoms with Crippen molar-refractivity contribution >= 4 is 38.3 Å². The van der Waals surface area contributed by atoms with E-state index in [-0.39, 0.29) is 12.5 Å². The molecule has 134 valence electrons. The molecule has 0 bridgehead atoms. The van der Waals surface area contributed by atoms with Crippen LogP contribution in [0.15, 0.2) is 71.5 Å². The van der Waals surface area contributed by atoms with Crippen LogP contribution in [-0.2, 0) is 4.79 Å². The average molecular weight is 424 g/mol. The van der Waals surface area contributed by atoms with E-state index >= 15 is 0 Å². The van der Waals surface area contributed by atoms with Crippen LogP contribution in [0.2, 0.25) is 0 Å². The Labute approximate surface area is 163 Å². The summed E-state index contributed by atoms with van der Waals surface area (Å²) in [5.41, 5.74) is 1.47. The molecule has 27 heavy (non-hydrogen) atoms. The molecule has 0 aliphatic rings. The van der Waals surface area contributed by atoms with Crippen LogP contribution >= 0.6 is 15.9 Å². The minimum Gasteiger partial charge on any atom is -0.483 e. The highest BCUT2D eigenvalue weighted by atomic mass is 79.9. The van der Waals surface area contributed by atoms with Crippen LogP contribution in [0.25, 0.3) is 16.5 Å². The lowest BCUT2D eigenvalue weighted by atomic mass is 10.1. The summed E-state index contributed by atoms with van der Waals surface area (Å²) in [6, 6.07) is 19.0. The average Bonchev–Trinajstić information content (AvgIpc) is 3.23. The predicted octanol–water partition coefficient (Wildman–Crippen LogP) is 3.60. The Balaban J connectivity index is 1.39. The van der Waals surface area contributed by atoms with Crippen LogP contribution in [0.5, 0.6) is 5.75 Å². The van der Waals surface area contributed by atoms with E-state index in [2.05, 4.69) is 36.8 Å². The molecule has 1 heterocycles. The first kappa shape index (κ1) is 17.2. The zero-order chi connectivity index (χ0) is 18.6. The van der Waals surface area contributed by atoms with Gasteiger partial charge in [0.1, 0.15) is 12.1 Å². The second-order valence-corrected chi connectivity index (χ2v) is 6.53. The maximum Gasteiger partial charge on any atom is 0.262 e. The molecule has 0 atom stereocenters. The summed E-state index contributed by atoms with van der Waals surface area (Å²) in [5, 5.41) is 15.9. The van der Waals surface area contributed by atoms with E-state index < -0.39 is 0 Å². The number of tetrazole rings is 1. The van der Waals surface area contributed by atoms with Gasteiger partial charge >= 0.3 is 0 Å². The molecule has 1 aromatic heterocycles. The molecule has 1 N–H and O–H groups in total. The summed E-state index contributed by atoms with van der Waals surface area (Å²) in [7, 11) is 0. The molecular formula is C19H14BrN5O2. The van der Waals surface area contributed by atoms with Gasteiger partial charge in [-0.05, 0) is 67.5 Å². The third-order valence-electron chi connectivity index (χ3n) is 3.95. The van der Waals surface area contributed by atoms with Crippen LogP contribution in [0.1, 0.15) is 0 Å². The van der Waals surface area contributed by atoms with E-state index in [0.29, 0.717) is 11.4 Å². The SMILES string of the molecule is O=C(COc1ccc2ccccc2c1Br)Nc1ccc(-n2cnnn2)cc1. The lowest BCUT2D eigenvalue weighted by molar-refractivity contribution is -0.118. The number of anilines is 1. The summed E-state index contributed by atoms with van der Waals surface area (Å²) >= 11 is 3.55. The van der Waals surface area contributed by atoms with Crippen LogP contribution in [-0.4, -0.2) is 32.7 Å². The molecule has 0 aliphatic heterocycles. The maximum atomic E-state index is 12.2. The fourth-order valence-electron chi connectivity index (χ4n) is 2.64. The minimum absolute atomic E-state index is 0.0916. The van der Waals surface area contributed by atoms with Gasteiger partial charge in [0.2, 0.25) is 0 Å². The van der Waals surface area contributed by atoms with Gasteiger partial charge < -0.3 is 10.1 Å². The van der Waals surface area contributed by atoms with Crippen molar-refractivity contribution in [3.63, 3.8) is 0 Å². The number of hydrogen-bond donors (Lipinski definition) is 1. The molecule has 0 radical (unpaired) electrons. The highest BCUT2D eigenvalue weighted by molar-refractivity contribution is 9.10. The third-order valence-corrected chi connectivity index (χ3v) is 4.77. The highest BCUT2D eigenvalue weighted by Gasteiger charge is 2.09. The summed E-state index contributed by atoms with van der Waals surface area (Å²) < 4.78 is 8.04. The Kier molecular flexibility index (Phi) is 4.80. The van der Waals surface area contributed by atoms with Crippen molar-refractivity contribution in [2.45, 2.75) is 0 Å². The van der Waals surface area contributed by atoms with Gasteiger partial charge in [0.25, 0.3) is 5.91 Å². The minimum atomic E-state index is -0.245. The quantitative estimate of drug-likeness (QED) is 0.530. The number of hydrogen-bond acceptors (Lipinski definition) is 5. The lowest BCUT2D eigenvalue weighted by Crippen LogP contribution is -2.20. The number of carbonyl (C=O) groups excluding carboxylic acids is 1. The molecule has 0 saturated carbocycles. The van der Waals surface area contributed by atoms with Crippen molar-refractivity contribution in [3.8, 4) is 11.4 Å². The zero-order valence-corrected chi connectivity index (χ0v) is 15.6. The Hall–Kier alpha value is -3.26. The van der Waals surface area contributed by atoms with Crippen LogP contribution in [0.3, 0.4) is 0 Å². The Morgan fingerprint density at radius 3 is 2.67 bits per heavy atom. The number of aromatic nitrogens is 4. The number of nitrogens with one attached hydrogen (secondary N) is 1. The topological polar surface area (TPSA) is 81.9 Å². The van der Waals surface area contributed by atoms with E-state index in [9.17, 15) is 4.79 Å². The molecule has 3 aromatic carbocycles. The van der Waals surface area contributed by atoms with E-state index in [0.717, 1.165) is 20.9 Å². The standard InChI is InChI=1S/C19H14BrN5O2/c20-19-16-4-2-1-3-13(16)5-10-17(19)27-11-18(26)22-14-6-8-15(9-7-14)25-12-21-23-24-25/h1-10,12H,11H2,(H,22,26). The number of halogens is 1. The van der Waals surface area contributed by atoms with Crippen molar-refractivity contribution in [1.82, 2.24) is 20.2 Å². The molecule has 0 aliphatic carbocycles. The molecule has 0 unspecified atom stereocenters. The van der Waals surface area contributed by atoms with Crippen molar-refractivity contribution in [3.05, 3.63) is 71.5 Å². The van der Waals surface area contributed by atoms with E-state index in [1.807, 2.05) is 48.5 Å². The van der Waals surface area contributed by atoms with Gasteiger partial charge in [-0.3, -0.25) is 4.79 Å². The number of ether oxygens (including phenoxy) is 1. The van der Waals surface area contributed by atoms with Gasteiger partial charge in [-0.1, -0.05) is 30.3 Å². The summed E-state index contributed by atoms with van der Waals surface area (Å²) in [6.07, 6.45) is 1.50. The van der Waals surface area contributed by atoms with Crippen molar-refractivity contribution in [2.75, 3.05) is 11.9 Å². The van der Waals surface area contributed by atoms with Crippen molar-refractivity contribution < 1.29 is 9.53 Å². The van der Waals surface area contributed by atoms with Gasteiger partial charge in [0, 0.05) is 5.69 Å². The van der Waals surface area contributed by atoms with Gasteiger partial charge in [-0.25, -0.2) is 4.68 Å². The van der Waals surface area contributed by atoms with Gasteiger partial charge in [0.15, 0.2) is 6.61 Å². The van der Waals surface area contributed by atoms with Crippen LogP contribution < -0.4 is 10.1 Å². The fourth-order valence-corrected chi connectivity index (χ4v) is 3.25. The first-order valence-electron chi connectivity index (χ1n) is 8.14. The normalized spacial score (nSPS) is 10.7. The molecule has 1 amide bonds. The van der Waals surface area contributed by atoms with E-state index in [4.69, 9.17) is 4.74 Å². The van der Waals surface area contributed by atoms with Gasteiger partial charge in [-0.15, -0.1) is 5.10 Å². The molecular weight excluding hydrogens is 410 g/mol. The van der Waals surface area contributed by atoms with E-state index in [1.165, 1.54) is 11.0 Å². The Morgan fingerprint density at radius 1 is 1.07 bits per heavy atom. The third kappa shape index (κ3) is 3.80.